The van der Waals surface area contributed by atoms with Crippen LogP contribution in [-0.2, 0) is 4.79 Å². The van der Waals surface area contributed by atoms with Crippen LogP contribution in [0.5, 0.6) is 5.75 Å². The fourth-order valence-corrected chi connectivity index (χ4v) is 1.61. The van der Waals surface area contributed by atoms with E-state index in [1.165, 1.54) is 0 Å². The molecule has 0 amide bonds. The molecule has 0 saturated carbocycles. The molecule has 4 heteroatoms. The van der Waals surface area contributed by atoms with Gasteiger partial charge in [0.1, 0.15) is 5.75 Å². The lowest BCUT2D eigenvalue weighted by atomic mass is 10.1. The number of ether oxygens (including phenoxy) is 1. The van der Waals surface area contributed by atoms with Crippen molar-refractivity contribution >= 4 is 5.97 Å². The van der Waals surface area contributed by atoms with Crippen LogP contribution < -0.4 is 4.74 Å². The Morgan fingerprint density at radius 1 is 1.14 bits per heavy atom. The molecule has 0 fully saturated rings. The lowest BCUT2D eigenvalue weighted by Gasteiger charge is -2.13. The Bertz CT molecular complexity index is 576. The van der Waals surface area contributed by atoms with E-state index in [4.69, 9.17) is 9.84 Å². The monoisotopic (exact) mass is 286 g/mol. The van der Waals surface area contributed by atoms with Crippen LogP contribution in [0.3, 0.4) is 0 Å². The quantitative estimate of drug-likeness (QED) is 0.668. The standard InChI is InChI=1S/C14H14O2.C3H4O2/c1-11(15)16-14-10-6-5-9-13(14)12-7-3-2-4-8-12;1-2-3(4)5/h2-11,15H,1H3;2H,1H2,(H,4,5). The van der Waals surface area contributed by atoms with Crippen LogP contribution >= 0.6 is 0 Å². The first-order chi connectivity index (χ1) is 10.0. The minimum absolute atomic E-state index is 0.698. The van der Waals surface area contributed by atoms with Gasteiger partial charge in [-0.25, -0.2) is 4.79 Å². The van der Waals surface area contributed by atoms with E-state index in [-0.39, 0.29) is 0 Å². The molecule has 2 aromatic carbocycles. The summed E-state index contributed by atoms with van der Waals surface area (Å²) < 4.78 is 5.36. The predicted molar refractivity (Wildman–Crippen MR) is 82.0 cm³/mol. The summed E-state index contributed by atoms with van der Waals surface area (Å²) in [6.07, 6.45) is 0.0323. The minimum Gasteiger partial charge on any atom is -0.478 e. The van der Waals surface area contributed by atoms with Crippen molar-refractivity contribution in [3.05, 3.63) is 67.3 Å². The van der Waals surface area contributed by atoms with Gasteiger partial charge in [0.05, 0.1) is 0 Å². The fourth-order valence-electron chi connectivity index (χ4n) is 1.61. The number of hydrogen-bond donors (Lipinski definition) is 2. The summed E-state index contributed by atoms with van der Waals surface area (Å²) in [7, 11) is 0. The van der Waals surface area contributed by atoms with Crippen molar-refractivity contribution in [3.8, 4) is 16.9 Å². The smallest absolute Gasteiger partial charge is 0.327 e. The molecule has 0 aliphatic heterocycles. The average Bonchev–Trinajstić information content (AvgIpc) is 2.48. The highest BCUT2D eigenvalue weighted by Gasteiger charge is 2.06. The first kappa shape index (κ1) is 16.5. The topological polar surface area (TPSA) is 66.8 Å². The number of hydrogen-bond acceptors (Lipinski definition) is 3. The Balaban J connectivity index is 0.000000383. The summed E-state index contributed by atoms with van der Waals surface area (Å²) in [4.78, 5) is 9.25. The van der Waals surface area contributed by atoms with Gasteiger partial charge >= 0.3 is 5.97 Å². The first-order valence-electron chi connectivity index (χ1n) is 6.39. The normalized spacial score (nSPS) is 10.8. The molecule has 0 radical (unpaired) electrons. The maximum Gasteiger partial charge on any atom is 0.327 e. The number of para-hydroxylation sites is 1. The van der Waals surface area contributed by atoms with E-state index >= 15 is 0 Å². The highest BCUT2D eigenvalue weighted by atomic mass is 16.6. The van der Waals surface area contributed by atoms with E-state index in [0.717, 1.165) is 17.2 Å². The number of aliphatic hydroxyl groups excluding tert-OH is 1. The molecule has 0 saturated heterocycles. The van der Waals surface area contributed by atoms with Crippen LogP contribution in [0.15, 0.2) is 67.3 Å². The number of rotatable bonds is 4. The van der Waals surface area contributed by atoms with Gasteiger partial charge in [0, 0.05) is 11.6 Å². The molecule has 1 atom stereocenters. The highest BCUT2D eigenvalue weighted by molar-refractivity contribution is 5.78. The number of aliphatic carboxylic acids is 1. The number of carboxylic acids is 1. The van der Waals surface area contributed by atoms with Crippen LogP contribution in [0.4, 0.5) is 0 Å². The van der Waals surface area contributed by atoms with Crippen LogP contribution in [-0.4, -0.2) is 22.5 Å². The van der Waals surface area contributed by atoms with Crippen molar-refractivity contribution in [2.24, 2.45) is 0 Å². The van der Waals surface area contributed by atoms with Crippen molar-refractivity contribution < 1.29 is 19.7 Å². The molecule has 110 valence electrons. The molecule has 0 heterocycles. The summed E-state index contributed by atoms with van der Waals surface area (Å²) in [6.45, 7) is 4.56. The number of aliphatic hydroxyl groups is 1. The average molecular weight is 286 g/mol. The van der Waals surface area contributed by atoms with Crippen molar-refractivity contribution in [3.63, 3.8) is 0 Å². The van der Waals surface area contributed by atoms with Crippen molar-refractivity contribution in [2.45, 2.75) is 13.2 Å². The molecule has 0 bridgehead atoms. The molecule has 2 aromatic rings. The zero-order valence-corrected chi connectivity index (χ0v) is 11.8. The number of carbonyl (C=O) groups is 1. The van der Waals surface area contributed by atoms with Crippen LogP contribution in [0, 0.1) is 0 Å². The number of benzene rings is 2. The van der Waals surface area contributed by atoms with E-state index in [1.807, 2.05) is 54.6 Å². The molecule has 0 spiro atoms. The summed E-state index contributed by atoms with van der Waals surface area (Å²) in [5.74, 6) is -0.284. The maximum atomic E-state index is 9.25. The third kappa shape index (κ3) is 5.93. The van der Waals surface area contributed by atoms with E-state index in [9.17, 15) is 9.90 Å². The van der Waals surface area contributed by atoms with Gasteiger partial charge in [-0.2, -0.15) is 0 Å². The van der Waals surface area contributed by atoms with Crippen molar-refractivity contribution in [2.75, 3.05) is 0 Å². The van der Waals surface area contributed by atoms with Gasteiger partial charge in [0.15, 0.2) is 6.29 Å². The largest absolute Gasteiger partial charge is 0.478 e. The molecule has 0 aliphatic rings. The Morgan fingerprint density at radius 3 is 2.19 bits per heavy atom. The highest BCUT2D eigenvalue weighted by Crippen LogP contribution is 2.29. The number of carboxylic acid groups (broad SMARTS) is 1. The third-order valence-electron chi connectivity index (χ3n) is 2.44. The van der Waals surface area contributed by atoms with Gasteiger partial charge in [-0.05, 0) is 18.6 Å². The second-order valence-corrected chi connectivity index (χ2v) is 4.12. The molecule has 1 unspecified atom stereocenters. The van der Waals surface area contributed by atoms with Crippen molar-refractivity contribution in [1.82, 2.24) is 0 Å². The Hall–Kier alpha value is -2.59. The molecule has 21 heavy (non-hydrogen) atoms. The van der Waals surface area contributed by atoms with Gasteiger partial charge in [-0.3, -0.25) is 0 Å². The summed E-state index contributed by atoms with van der Waals surface area (Å²) >= 11 is 0. The summed E-state index contributed by atoms with van der Waals surface area (Å²) in [5, 5.41) is 16.9. The fraction of sp³-hybridized carbons (Fsp3) is 0.118. The lowest BCUT2D eigenvalue weighted by molar-refractivity contribution is -0.131. The van der Waals surface area contributed by atoms with E-state index < -0.39 is 12.3 Å². The van der Waals surface area contributed by atoms with Crippen molar-refractivity contribution in [1.29, 1.82) is 0 Å². The zero-order valence-electron chi connectivity index (χ0n) is 11.8. The Kier molecular flexibility index (Phi) is 6.71. The third-order valence-corrected chi connectivity index (χ3v) is 2.44. The van der Waals surface area contributed by atoms with E-state index in [0.29, 0.717) is 5.75 Å². The minimum atomic E-state index is -0.981. The lowest BCUT2D eigenvalue weighted by Crippen LogP contribution is -2.10. The van der Waals surface area contributed by atoms with Gasteiger partial charge < -0.3 is 14.9 Å². The molecular formula is C17H18O4. The summed E-state index contributed by atoms with van der Waals surface area (Å²) in [5.41, 5.74) is 2.07. The molecule has 4 nitrogen and oxygen atoms in total. The van der Waals surface area contributed by atoms with E-state index in [2.05, 4.69) is 6.58 Å². The molecule has 0 aromatic heterocycles. The molecular weight excluding hydrogens is 268 g/mol. The van der Waals surface area contributed by atoms with Gasteiger partial charge in [0.2, 0.25) is 0 Å². The molecule has 0 aliphatic carbocycles. The van der Waals surface area contributed by atoms with Gasteiger partial charge in [0.25, 0.3) is 0 Å². The van der Waals surface area contributed by atoms with Gasteiger partial charge in [-0.15, -0.1) is 0 Å². The van der Waals surface area contributed by atoms with Gasteiger partial charge in [-0.1, -0.05) is 55.1 Å². The second kappa shape index (κ2) is 8.55. The second-order valence-electron chi connectivity index (χ2n) is 4.12. The Morgan fingerprint density at radius 2 is 1.67 bits per heavy atom. The van der Waals surface area contributed by atoms with Crippen LogP contribution in [0.2, 0.25) is 0 Å². The Labute approximate surface area is 123 Å². The first-order valence-corrected chi connectivity index (χ1v) is 6.39. The SMILES string of the molecule is C=CC(=O)O.CC(O)Oc1ccccc1-c1ccccc1. The van der Waals surface area contributed by atoms with Crippen LogP contribution in [0.1, 0.15) is 6.92 Å². The summed E-state index contributed by atoms with van der Waals surface area (Å²) in [6, 6.07) is 17.7. The van der Waals surface area contributed by atoms with Crippen LogP contribution in [0.25, 0.3) is 11.1 Å². The maximum absolute atomic E-state index is 9.25. The molecule has 2 rings (SSSR count). The predicted octanol–water partition coefficient (Wildman–Crippen LogP) is 3.33. The zero-order chi connectivity index (χ0) is 15.7. The van der Waals surface area contributed by atoms with E-state index in [1.54, 1.807) is 6.92 Å². The molecule has 2 N–H and O–H groups in total.